The lowest BCUT2D eigenvalue weighted by Crippen LogP contribution is -2.44. The van der Waals surface area contributed by atoms with Gasteiger partial charge in [0.15, 0.2) is 0 Å². The predicted octanol–water partition coefficient (Wildman–Crippen LogP) is 3.74. The second kappa shape index (κ2) is 4.40. The van der Waals surface area contributed by atoms with Crippen molar-refractivity contribution in [2.24, 2.45) is 5.92 Å². The SMILES string of the molecule is CC1(C2CCCCC2)CC(Cl)CCO1. The molecule has 1 heterocycles. The van der Waals surface area contributed by atoms with Gasteiger partial charge in [-0.2, -0.15) is 0 Å². The first kappa shape index (κ1) is 10.8. The third-order valence-corrected chi connectivity index (χ3v) is 4.33. The number of ether oxygens (including phenoxy) is 1. The molecule has 0 aromatic carbocycles. The summed E-state index contributed by atoms with van der Waals surface area (Å²) < 4.78 is 5.99. The van der Waals surface area contributed by atoms with Gasteiger partial charge in [0.1, 0.15) is 0 Å². The molecule has 2 unspecified atom stereocenters. The summed E-state index contributed by atoms with van der Waals surface area (Å²) in [6.45, 7) is 3.14. The summed E-state index contributed by atoms with van der Waals surface area (Å²) in [5, 5.41) is 0.343. The van der Waals surface area contributed by atoms with Crippen molar-refractivity contribution in [2.75, 3.05) is 6.61 Å². The first-order chi connectivity index (χ1) is 6.71. The van der Waals surface area contributed by atoms with Gasteiger partial charge in [0, 0.05) is 12.0 Å². The highest BCUT2D eigenvalue weighted by Crippen LogP contribution is 2.41. The molecule has 14 heavy (non-hydrogen) atoms. The Morgan fingerprint density at radius 2 is 1.86 bits per heavy atom. The van der Waals surface area contributed by atoms with Crippen molar-refractivity contribution in [1.82, 2.24) is 0 Å². The average molecular weight is 217 g/mol. The maximum atomic E-state index is 6.24. The van der Waals surface area contributed by atoms with Crippen LogP contribution in [0.3, 0.4) is 0 Å². The van der Waals surface area contributed by atoms with Gasteiger partial charge in [0.25, 0.3) is 0 Å². The zero-order valence-corrected chi connectivity index (χ0v) is 9.85. The van der Waals surface area contributed by atoms with Crippen molar-refractivity contribution in [2.45, 2.75) is 62.8 Å². The summed E-state index contributed by atoms with van der Waals surface area (Å²) in [6, 6.07) is 0. The quantitative estimate of drug-likeness (QED) is 0.607. The molecule has 1 saturated heterocycles. The second-order valence-corrected chi connectivity index (χ2v) is 5.70. The van der Waals surface area contributed by atoms with E-state index in [1.54, 1.807) is 0 Å². The zero-order valence-electron chi connectivity index (χ0n) is 9.10. The van der Waals surface area contributed by atoms with Crippen LogP contribution in [0, 0.1) is 5.92 Å². The van der Waals surface area contributed by atoms with E-state index in [2.05, 4.69) is 6.92 Å². The van der Waals surface area contributed by atoms with Crippen LogP contribution in [0.4, 0.5) is 0 Å². The largest absolute Gasteiger partial charge is 0.375 e. The summed E-state index contributed by atoms with van der Waals surface area (Å²) in [4.78, 5) is 0. The van der Waals surface area contributed by atoms with Gasteiger partial charge in [0.2, 0.25) is 0 Å². The smallest absolute Gasteiger partial charge is 0.0696 e. The topological polar surface area (TPSA) is 9.23 Å². The van der Waals surface area contributed by atoms with Gasteiger partial charge in [-0.05, 0) is 38.5 Å². The highest BCUT2D eigenvalue weighted by atomic mass is 35.5. The summed E-state index contributed by atoms with van der Waals surface area (Å²) in [6.07, 6.45) is 8.97. The monoisotopic (exact) mass is 216 g/mol. The molecule has 0 aromatic heterocycles. The van der Waals surface area contributed by atoms with E-state index in [1.807, 2.05) is 0 Å². The zero-order chi connectivity index (χ0) is 10.0. The molecule has 0 spiro atoms. The van der Waals surface area contributed by atoms with Gasteiger partial charge in [-0.3, -0.25) is 0 Å². The molecule has 0 bridgehead atoms. The highest BCUT2D eigenvalue weighted by Gasteiger charge is 2.39. The maximum Gasteiger partial charge on any atom is 0.0696 e. The van der Waals surface area contributed by atoms with E-state index in [1.165, 1.54) is 32.1 Å². The minimum absolute atomic E-state index is 0.0884. The van der Waals surface area contributed by atoms with Crippen LogP contribution in [-0.4, -0.2) is 17.6 Å². The van der Waals surface area contributed by atoms with Crippen LogP contribution in [0.2, 0.25) is 0 Å². The number of hydrogen-bond donors (Lipinski definition) is 0. The van der Waals surface area contributed by atoms with Gasteiger partial charge >= 0.3 is 0 Å². The summed E-state index contributed by atoms with van der Waals surface area (Å²) in [5.74, 6) is 0.762. The van der Waals surface area contributed by atoms with Gasteiger partial charge < -0.3 is 4.74 Å². The fraction of sp³-hybridized carbons (Fsp3) is 1.00. The molecule has 0 radical (unpaired) electrons. The summed E-state index contributed by atoms with van der Waals surface area (Å²) in [5.41, 5.74) is 0.0884. The van der Waals surface area contributed by atoms with Crippen LogP contribution < -0.4 is 0 Å². The standard InChI is InChI=1S/C12H21ClO/c1-12(9-11(13)7-8-14-12)10-5-3-2-4-6-10/h10-11H,2-9H2,1H3. The molecule has 82 valence electrons. The molecule has 1 nitrogen and oxygen atoms in total. The van der Waals surface area contributed by atoms with Gasteiger partial charge in [-0.1, -0.05) is 19.3 Å². The molecule has 0 N–H and O–H groups in total. The Morgan fingerprint density at radius 1 is 1.14 bits per heavy atom. The number of hydrogen-bond acceptors (Lipinski definition) is 1. The molecule has 1 aliphatic carbocycles. The van der Waals surface area contributed by atoms with E-state index in [-0.39, 0.29) is 5.60 Å². The minimum atomic E-state index is 0.0884. The van der Waals surface area contributed by atoms with Crippen LogP contribution in [0.1, 0.15) is 51.9 Å². The van der Waals surface area contributed by atoms with Gasteiger partial charge in [-0.25, -0.2) is 0 Å². The maximum absolute atomic E-state index is 6.24. The lowest BCUT2D eigenvalue weighted by atomic mass is 9.74. The Morgan fingerprint density at radius 3 is 2.50 bits per heavy atom. The average Bonchev–Trinajstić information content (AvgIpc) is 2.19. The third-order valence-electron chi connectivity index (χ3n) is 3.96. The Balaban J connectivity index is 1.98. The normalized spacial score (nSPS) is 41.1. The van der Waals surface area contributed by atoms with E-state index >= 15 is 0 Å². The van der Waals surface area contributed by atoms with E-state index in [9.17, 15) is 0 Å². The molecular weight excluding hydrogens is 196 g/mol. The van der Waals surface area contributed by atoms with Crippen LogP contribution in [0.25, 0.3) is 0 Å². The number of rotatable bonds is 1. The van der Waals surface area contributed by atoms with E-state index in [4.69, 9.17) is 16.3 Å². The Labute approximate surface area is 92.2 Å². The van der Waals surface area contributed by atoms with Crippen molar-refractivity contribution in [3.63, 3.8) is 0 Å². The molecule has 1 saturated carbocycles. The van der Waals surface area contributed by atoms with Gasteiger partial charge in [-0.15, -0.1) is 11.6 Å². The lowest BCUT2D eigenvalue weighted by molar-refractivity contribution is -0.110. The fourth-order valence-electron chi connectivity index (χ4n) is 3.02. The second-order valence-electron chi connectivity index (χ2n) is 5.09. The summed E-state index contributed by atoms with van der Waals surface area (Å²) >= 11 is 6.24. The van der Waals surface area contributed by atoms with Crippen LogP contribution in [0.5, 0.6) is 0 Å². The Bertz CT molecular complexity index is 189. The number of alkyl halides is 1. The number of halogens is 1. The van der Waals surface area contributed by atoms with Crippen LogP contribution in [0.15, 0.2) is 0 Å². The lowest BCUT2D eigenvalue weighted by Gasteiger charge is -2.43. The molecule has 2 aliphatic rings. The van der Waals surface area contributed by atoms with Gasteiger partial charge in [0.05, 0.1) is 5.60 Å². The molecule has 0 aromatic rings. The van der Waals surface area contributed by atoms with Crippen LogP contribution in [-0.2, 0) is 4.74 Å². The van der Waals surface area contributed by atoms with Crippen molar-refractivity contribution < 1.29 is 4.74 Å². The van der Waals surface area contributed by atoms with Crippen molar-refractivity contribution in [1.29, 1.82) is 0 Å². The van der Waals surface area contributed by atoms with Crippen LogP contribution >= 0.6 is 11.6 Å². The van der Waals surface area contributed by atoms with Crippen molar-refractivity contribution in [3.05, 3.63) is 0 Å². The Hall–Kier alpha value is 0.250. The van der Waals surface area contributed by atoms with Crippen molar-refractivity contribution in [3.8, 4) is 0 Å². The molecule has 2 rings (SSSR count). The van der Waals surface area contributed by atoms with E-state index < -0.39 is 0 Å². The molecular formula is C12H21ClO. The highest BCUT2D eigenvalue weighted by molar-refractivity contribution is 6.20. The third kappa shape index (κ3) is 2.25. The molecule has 2 atom stereocenters. The van der Waals surface area contributed by atoms with E-state index in [0.29, 0.717) is 5.38 Å². The minimum Gasteiger partial charge on any atom is -0.375 e. The molecule has 2 heteroatoms. The molecule has 1 aliphatic heterocycles. The fourth-order valence-corrected chi connectivity index (χ4v) is 3.41. The van der Waals surface area contributed by atoms with E-state index in [0.717, 1.165) is 25.4 Å². The first-order valence-electron chi connectivity index (χ1n) is 5.99. The summed E-state index contributed by atoms with van der Waals surface area (Å²) in [7, 11) is 0. The predicted molar refractivity (Wildman–Crippen MR) is 59.8 cm³/mol. The molecule has 0 amide bonds. The van der Waals surface area contributed by atoms with Crippen molar-refractivity contribution >= 4 is 11.6 Å². The molecule has 2 fully saturated rings. The Kier molecular flexibility index (Phi) is 3.38. The first-order valence-corrected chi connectivity index (χ1v) is 6.42.